The van der Waals surface area contributed by atoms with E-state index in [0.29, 0.717) is 22.7 Å². The molecule has 1 N–H and O–H groups in total. The number of aryl methyl sites for hydroxylation is 1. The van der Waals surface area contributed by atoms with Crippen molar-refractivity contribution in [3.63, 3.8) is 0 Å². The molecule has 4 rings (SSSR count). The van der Waals surface area contributed by atoms with Crippen LogP contribution in [-0.2, 0) is 9.59 Å². The number of methoxy groups -OCH3 is 1. The Balaban J connectivity index is 1.82. The predicted molar refractivity (Wildman–Crippen MR) is 120 cm³/mol. The molecule has 0 spiro atoms. The van der Waals surface area contributed by atoms with Crippen LogP contribution in [0.3, 0.4) is 0 Å². The normalized spacial score (nSPS) is 13.5. The van der Waals surface area contributed by atoms with Crippen LogP contribution >= 0.6 is 0 Å². The molecule has 0 fully saturated rings. The van der Waals surface area contributed by atoms with Gasteiger partial charge in [0.2, 0.25) is 0 Å². The van der Waals surface area contributed by atoms with Crippen molar-refractivity contribution in [2.24, 2.45) is 0 Å². The van der Waals surface area contributed by atoms with Crippen molar-refractivity contribution in [2.75, 3.05) is 17.3 Å². The zero-order chi connectivity index (χ0) is 22.8. The van der Waals surface area contributed by atoms with E-state index in [2.05, 4.69) is 5.32 Å². The lowest BCUT2D eigenvalue weighted by molar-refractivity contribution is -0.384. The summed E-state index contributed by atoms with van der Waals surface area (Å²) in [7, 11) is 1.50. The van der Waals surface area contributed by atoms with Gasteiger partial charge in [-0.05, 0) is 54.4 Å². The second kappa shape index (κ2) is 8.35. The number of amides is 2. The maximum atomic E-state index is 13.4. The van der Waals surface area contributed by atoms with Crippen LogP contribution in [0.25, 0.3) is 5.57 Å². The topological polar surface area (TPSA) is 102 Å². The summed E-state index contributed by atoms with van der Waals surface area (Å²) in [6.07, 6.45) is 0. The lowest BCUT2D eigenvalue weighted by atomic mass is 10.0. The number of ether oxygens (including phenoxy) is 1. The quantitative estimate of drug-likeness (QED) is 0.356. The van der Waals surface area contributed by atoms with Crippen LogP contribution < -0.4 is 15.0 Å². The molecule has 32 heavy (non-hydrogen) atoms. The van der Waals surface area contributed by atoms with Crippen LogP contribution in [0.15, 0.2) is 78.5 Å². The van der Waals surface area contributed by atoms with Gasteiger partial charge in [0.15, 0.2) is 0 Å². The van der Waals surface area contributed by atoms with Crippen LogP contribution in [0, 0.1) is 17.0 Å². The van der Waals surface area contributed by atoms with Gasteiger partial charge in [-0.2, -0.15) is 0 Å². The standard InChI is InChI=1S/C24H19N3O5/c1-15-5-3-6-17(13-15)25-22-21(16-9-11-18(12-10-16)27(30)31)23(28)26(24(22)29)19-7-4-8-20(14-19)32-2/h3-14,25H,1-2H3. The van der Waals surface area contributed by atoms with Crippen LogP contribution in [0.5, 0.6) is 5.75 Å². The lowest BCUT2D eigenvalue weighted by Gasteiger charge is -2.16. The van der Waals surface area contributed by atoms with E-state index in [4.69, 9.17) is 4.74 Å². The van der Waals surface area contributed by atoms with Gasteiger partial charge in [0.25, 0.3) is 17.5 Å². The molecular formula is C24H19N3O5. The van der Waals surface area contributed by atoms with Gasteiger partial charge in [-0.25, -0.2) is 4.90 Å². The van der Waals surface area contributed by atoms with Crippen molar-refractivity contribution in [3.8, 4) is 5.75 Å². The van der Waals surface area contributed by atoms with Crippen LogP contribution in [0.4, 0.5) is 17.1 Å². The third-order valence-corrected chi connectivity index (χ3v) is 5.05. The summed E-state index contributed by atoms with van der Waals surface area (Å²) in [5.41, 5.74) is 2.51. The second-order valence-electron chi connectivity index (χ2n) is 7.20. The molecule has 0 atom stereocenters. The van der Waals surface area contributed by atoms with Crippen molar-refractivity contribution in [2.45, 2.75) is 6.92 Å². The average Bonchev–Trinajstić information content (AvgIpc) is 3.03. The Hall–Kier alpha value is -4.46. The lowest BCUT2D eigenvalue weighted by Crippen LogP contribution is -2.32. The molecule has 0 radical (unpaired) electrons. The smallest absolute Gasteiger partial charge is 0.282 e. The number of carbonyl (C=O) groups is 2. The number of non-ortho nitro benzene ring substituents is 1. The Morgan fingerprint density at radius 1 is 0.938 bits per heavy atom. The number of imide groups is 1. The minimum atomic E-state index is -0.535. The minimum absolute atomic E-state index is 0.0947. The molecule has 1 aliphatic rings. The molecule has 0 aromatic heterocycles. The van der Waals surface area contributed by atoms with Crippen molar-refractivity contribution in [1.82, 2.24) is 0 Å². The monoisotopic (exact) mass is 429 g/mol. The Labute approximate surface area is 183 Å². The van der Waals surface area contributed by atoms with Gasteiger partial charge in [-0.1, -0.05) is 18.2 Å². The largest absolute Gasteiger partial charge is 0.497 e. The van der Waals surface area contributed by atoms with E-state index >= 15 is 0 Å². The molecule has 3 aromatic carbocycles. The summed E-state index contributed by atoms with van der Waals surface area (Å²) >= 11 is 0. The molecule has 0 aliphatic carbocycles. The molecule has 0 bridgehead atoms. The SMILES string of the molecule is COc1cccc(N2C(=O)C(Nc3cccc(C)c3)=C(c3ccc([N+](=O)[O-])cc3)C2=O)c1. The molecule has 8 nitrogen and oxygen atoms in total. The second-order valence-corrected chi connectivity index (χ2v) is 7.20. The third kappa shape index (κ3) is 3.81. The molecule has 1 aliphatic heterocycles. The highest BCUT2D eigenvalue weighted by atomic mass is 16.6. The number of nitrogens with one attached hydrogen (secondary N) is 1. The number of carbonyl (C=O) groups excluding carboxylic acids is 2. The summed E-state index contributed by atoms with van der Waals surface area (Å²) < 4.78 is 5.23. The molecule has 0 saturated heterocycles. The van der Waals surface area contributed by atoms with Crippen LogP contribution in [0.2, 0.25) is 0 Å². The van der Waals surface area contributed by atoms with Crippen molar-refractivity contribution in [3.05, 3.63) is 99.7 Å². The van der Waals surface area contributed by atoms with Crippen molar-refractivity contribution < 1.29 is 19.2 Å². The fourth-order valence-corrected chi connectivity index (χ4v) is 3.51. The zero-order valence-corrected chi connectivity index (χ0v) is 17.4. The van der Waals surface area contributed by atoms with Crippen LogP contribution in [0.1, 0.15) is 11.1 Å². The van der Waals surface area contributed by atoms with Gasteiger partial charge < -0.3 is 10.1 Å². The van der Waals surface area contributed by atoms with Gasteiger partial charge in [0.1, 0.15) is 11.4 Å². The van der Waals surface area contributed by atoms with Crippen molar-refractivity contribution in [1.29, 1.82) is 0 Å². The maximum Gasteiger partial charge on any atom is 0.282 e. The molecule has 2 amide bonds. The van der Waals surface area contributed by atoms with E-state index in [9.17, 15) is 19.7 Å². The summed E-state index contributed by atoms with van der Waals surface area (Å²) in [5, 5.41) is 14.1. The number of benzene rings is 3. The maximum absolute atomic E-state index is 13.4. The van der Waals surface area contributed by atoms with Gasteiger partial charge in [0, 0.05) is 23.9 Å². The first-order chi connectivity index (χ1) is 15.4. The highest BCUT2D eigenvalue weighted by Crippen LogP contribution is 2.35. The van der Waals surface area contributed by atoms with E-state index in [1.54, 1.807) is 30.3 Å². The fourth-order valence-electron chi connectivity index (χ4n) is 3.51. The number of anilines is 2. The number of nitro benzene ring substituents is 1. The van der Waals surface area contributed by atoms with Gasteiger partial charge in [0.05, 0.1) is 23.3 Å². The number of rotatable bonds is 6. The molecule has 8 heteroatoms. The number of hydrogen-bond donors (Lipinski definition) is 1. The Kier molecular flexibility index (Phi) is 5.43. The van der Waals surface area contributed by atoms with E-state index in [0.717, 1.165) is 10.5 Å². The summed E-state index contributed by atoms with van der Waals surface area (Å²) in [5.74, 6) is -0.564. The van der Waals surface area contributed by atoms with E-state index in [-0.39, 0.29) is 17.0 Å². The number of nitro groups is 1. The zero-order valence-electron chi connectivity index (χ0n) is 17.4. The molecule has 1 heterocycles. The van der Waals surface area contributed by atoms with E-state index < -0.39 is 16.7 Å². The molecular weight excluding hydrogens is 410 g/mol. The highest BCUT2D eigenvalue weighted by molar-refractivity contribution is 6.46. The fraction of sp³-hybridized carbons (Fsp3) is 0.0833. The Morgan fingerprint density at radius 2 is 1.66 bits per heavy atom. The average molecular weight is 429 g/mol. The van der Waals surface area contributed by atoms with E-state index in [1.165, 1.54) is 31.4 Å². The summed E-state index contributed by atoms with van der Waals surface area (Å²) in [4.78, 5) is 38.4. The van der Waals surface area contributed by atoms with Gasteiger partial charge in [-0.15, -0.1) is 0 Å². The summed E-state index contributed by atoms with van der Waals surface area (Å²) in [6, 6.07) is 19.6. The van der Waals surface area contributed by atoms with Gasteiger partial charge in [-0.3, -0.25) is 19.7 Å². The van der Waals surface area contributed by atoms with Crippen molar-refractivity contribution >= 4 is 34.4 Å². The Bertz CT molecular complexity index is 1260. The molecule has 3 aromatic rings. The van der Waals surface area contributed by atoms with Crippen LogP contribution in [-0.4, -0.2) is 23.8 Å². The number of nitrogens with zero attached hydrogens (tertiary/aromatic N) is 2. The highest BCUT2D eigenvalue weighted by Gasteiger charge is 2.40. The summed E-state index contributed by atoms with van der Waals surface area (Å²) in [6.45, 7) is 1.92. The molecule has 0 unspecified atom stereocenters. The third-order valence-electron chi connectivity index (χ3n) is 5.05. The molecule has 0 saturated carbocycles. The first-order valence-electron chi connectivity index (χ1n) is 9.74. The first-order valence-corrected chi connectivity index (χ1v) is 9.74. The minimum Gasteiger partial charge on any atom is -0.497 e. The predicted octanol–water partition coefficient (Wildman–Crippen LogP) is 4.31. The number of hydrogen-bond acceptors (Lipinski definition) is 6. The van der Waals surface area contributed by atoms with Gasteiger partial charge >= 0.3 is 0 Å². The Morgan fingerprint density at radius 3 is 2.31 bits per heavy atom. The first kappa shape index (κ1) is 20.8. The van der Waals surface area contributed by atoms with E-state index in [1.807, 2.05) is 25.1 Å². The molecule has 160 valence electrons.